The Morgan fingerprint density at radius 2 is 1.80 bits per heavy atom. The molecule has 1 aromatic carbocycles. The summed E-state index contributed by atoms with van der Waals surface area (Å²) in [4.78, 5) is 11.7. The number of nitrogens with one attached hydrogen (secondary N) is 1. The van der Waals surface area contributed by atoms with Gasteiger partial charge in [-0.3, -0.25) is 0 Å². The number of hydrazone groups is 1. The molecule has 6 heteroatoms. The molecule has 1 aliphatic carbocycles. The first kappa shape index (κ1) is 16.4. The first-order valence-corrected chi connectivity index (χ1v) is 9.33. The Balaban J connectivity index is 1.56. The van der Waals surface area contributed by atoms with Crippen molar-refractivity contribution < 1.29 is 9.53 Å². The fourth-order valence-electron chi connectivity index (χ4n) is 3.57. The molecular weight excluding hydrogens is 316 g/mol. The van der Waals surface area contributed by atoms with Gasteiger partial charge in [-0.2, -0.15) is 5.12 Å². The van der Waals surface area contributed by atoms with Gasteiger partial charge in [-0.05, 0) is 43.4 Å². The van der Waals surface area contributed by atoms with Crippen LogP contribution in [0.3, 0.4) is 0 Å². The molecule has 4 rings (SSSR count). The summed E-state index contributed by atoms with van der Waals surface area (Å²) >= 11 is 0. The van der Waals surface area contributed by atoms with E-state index in [-0.39, 0.29) is 12.1 Å². The Bertz CT molecular complexity index is 646. The van der Waals surface area contributed by atoms with Gasteiger partial charge in [-0.1, -0.05) is 25.0 Å². The maximum Gasteiger partial charge on any atom is 0.337 e. The number of hydrazine groups is 1. The fraction of sp³-hybridized carbons (Fsp3) is 0.579. The molecule has 0 amide bonds. The Kier molecular flexibility index (Phi) is 4.61. The van der Waals surface area contributed by atoms with Gasteiger partial charge >= 0.3 is 5.97 Å². The minimum atomic E-state index is -0.301. The third-order valence-corrected chi connectivity index (χ3v) is 5.21. The van der Waals surface area contributed by atoms with Gasteiger partial charge in [0.1, 0.15) is 5.84 Å². The molecule has 2 aliphatic heterocycles. The number of amidine groups is 1. The SMILES string of the molecule is COC(=O)c1ccc(C2NC(C3CC3)=NN2N2CCCCCC2)cc1. The summed E-state index contributed by atoms with van der Waals surface area (Å²) in [5, 5.41) is 13.1. The van der Waals surface area contributed by atoms with Crippen molar-refractivity contribution in [2.45, 2.75) is 44.7 Å². The molecule has 1 aromatic rings. The summed E-state index contributed by atoms with van der Waals surface area (Å²) in [5.74, 6) is 1.41. The topological polar surface area (TPSA) is 57.2 Å². The van der Waals surface area contributed by atoms with Crippen LogP contribution in [0, 0.1) is 5.92 Å². The van der Waals surface area contributed by atoms with Crippen LogP contribution in [0.25, 0.3) is 0 Å². The number of hydrogen-bond acceptors (Lipinski definition) is 6. The highest BCUT2D eigenvalue weighted by atomic mass is 16.5. The number of benzene rings is 1. The van der Waals surface area contributed by atoms with Gasteiger partial charge in [0.2, 0.25) is 0 Å². The molecular formula is C19H26N4O2. The van der Waals surface area contributed by atoms with E-state index in [4.69, 9.17) is 9.84 Å². The predicted molar refractivity (Wildman–Crippen MR) is 95.7 cm³/mol. The molecule has 1 saturated carbocycles. The van der Waals surface area contributed by atoms with E-state index in [0.29, 0.717) is 11.5 Å². The standard InChI is InChI=1S/C19H26N4O2/c1-25-19(24)16-10-8-15(9-11-16)18-20-17(14-6-7-14)21-23(18)22-12-4-2-3-5-13-22/h8-11,14,18H,2-7,12-13H2,1H3,(H,20,21). The lowest BCUT2D eigenvalue weighted by atomic mass is 10.1. The summed E-state index contributed by atoms with van der Waals surface area (Å²) in [6.45, 7) is 2.11. The van der Waals surface area contributed by atoms with E-state index in [1.165, 1.54) is 45.6 Å². The molecule has 2 fully saturated rings. The van der Waals surface area contributed by atoms with Gasteiger partial charge in [0.05, 0.1) is 12.7 Å². The highest BCUT2D eigenvalue weighted by molar-refractivity contribution is 5.89. The van der Waals surface area contributed by atoms with Crippen molar-refractivity contribution in [1.29, 1.82) is 0 Å². The van der Waals surface area contributed by atoms with Crippen molar-refractivity contribution in [2.24, 2.45) is 11.0 Å². The quantitative estimate of drug-likeness (QED) is 0.853. The van der Waals surface area contributed by atoms with E-state index < -0.39 is 0 Å². The lowest BCUT2D eigenvalue weighted by Crippen LogP contribution is -2.43. The van der Waals surface area contributed by atoms with Gasteiger partial charge in [-0.25, -0.2) is 9.80 Å². The van der Waals surface area contributed by atoms with Crippen LogP contribution in [-0.4, -0.2) is 42.1 Å². The first-order chi connectivity index (χ1) is 12.3. The van der Waals surface area contributed by atoms with E-state index in [9.17, 15) is 4.79 Å². The molecule has 25 heavy (non-hydrogen) atoms. The van der Waals surface area contributed by atoms with Crippen LogP contribution < -0.4 is 5.32 Å². The molecule has 6 nitrogen and oxygen atoms in total. The average molecular weight is 342 g/mol. The lowest BCUT2D eigenvalue weighted by molar-refractivity contribution is -0.0527. The van der Waals surface area contributed by atoms with Crippen LogP contribution in [0.1, 0.15) is 60.6 Å². The lowest BCUT2D eigenvalue weighted by Gasteiger charge is -2.33. The number of hydrogen-bond donors (Lipinski definition) is 1. The van der Waals surface area contributed by atoms with E-state index in [1.807, 2.05) is 24.3 Å². The highest BCUT2D eigenvalue weighted by Gasteiger charge is 2.38. The van der Waals surface area contributed by atoms with Crippen LogP contribution in [0.2, 0.25) is 0 Å². The molecule has 0 aromatic heterocycles. The van der Waals surface area contributed by atoms with Gasteiger partial charge in [-0.15, -0.1) is 5.10 Å². The summed E-state index contributed by atoms with van der Waals surface area (Å²) in [6.07, 6.45) is 7.52. The number of carbonyl (C=O) groups is 1. The zero-order valence-electron chi connectivity index (χ0n) is 14.8. The predicted octanol–water partition coefficient (Wildman–Crippen LogP) is 2.89. The molecule has 1 atom stereocenters. The molecule has 3 aliphatic rings. The molecule has 0 spiro atoms. The normalized spacial score (nSPS) is 24.4. The van der Waals surface area contributed by atoms with Crippen LogP contribution in [0.15, 0.2) is 29.4 Å². The monoisotopic (exact) mass is 342 g/mol. The molecule has 2 heterocycles. The fourth-order valence-corrected chi connectivity index (χ4v) is 3.57. The third kappa shape index (κ3) is 3.49. The van der Waals surface area contributed by atoms with Crippen LogP contribution in [0.5, 0.6) is 0 Å². The van der Waals surface area contributed by atoms with E-state index >= 15 is 0 Å². The van der Waals surface area contributed by atoms with Crippen LogP contribution in [-0.2, 0) is 4.74 Å². The summed E-state index contributed by atoms with van der Waals surface area (Å²) in [7, 11) is 1.41. The van der Waals surface area contributed by atoms with Crippen molar-refractivity contribution in [3.8, 4) is 0 Å². The minimum absolute atomic E-state index is 0.0143. The van der Waals surface area contributed by atoms with Crippen molar-refractivity contribution in [1.82, 2.24) is 15.4 Å². The van der Waals surface area contributed by atoms with Crippen molar-refractivity contribution in [3.63, 3.8) is 0 Å². The van der Waals surface area contributed by atoms with Gasteiger partial charge in [0, 0.05) is 19.0 Å². The van der Waals surface area contributed by atoms with Crippen molar-refractivity contribution >= 4 is 11.8 Å². The number of methoxy groups -OCH3 is 1. The smallest absolute Gasteiger partial charge is 0.337 e. The summed E-state index contributed by atoms with van der Waals surface area (Å²) < 4.78 is 4.79. The highest BCUT2D eigenvalue weighted by Crippen LogP contribution is 2.36. The molecule has 1 saturated heterocycles. The summed E-state index contributed by atoms with van der Waals surface area (Å²) in [5.41, 5.74) is 1.70. The molecule has 134 valence electrons. The second kappa shape index (κ2) is 7.04. The second-order valence-corrected chi connectivity index (χ2v) is 7.11. The maximum atomic E-state index is 11.7. The van der Waals surface area contributed by atoms with Crippen molar-refractivity contribution in [2.75, 3.05) is 20.2 Å². The Hall–Kier alpha value is -2.08. The number of rotatable bonds is 4. The zero-order chi connectivity index (χ0) is 17.2. The summed E-state index contributed by atoms with van der Waals surface area (Å²) in [6, 6.07) is 7.66. The largest absolute Gasteiger partial charge is 0.465 e. The first-order valence-electron chi connectivity index (χ1n) is 9.33. The number of carbonyl (C=O) groups excluding carboxylic acids is 1. The Labute approximate surface area is 148 Å². The molecule has 1 N–H and O–H groups in total. The second-order valence-electron chi connectivity index (χ2n) is 7.11. The zero-order valence-corrected chi connectivity index (χ0v) is 14.8. The van der Waals surface area contributed by atoms with Gasteiger partial charge < -0.3 is 10.1 Å². The van der Waals surface area contributed by atoms with Gasteiger partial charge in [0.15, 0.2) is 6.17 Å². The third-order valence-electron chi connectivity index (χ3n) is 5.21. The van der Waals surface area contributed by atoms with Crippen molar-refractivity contribution in [3.05, 3.63) is 35.4 Å². The van der Waals surface area contributed by atoms with E-state index in [0.717, 1.165) is 24.5 Å². The number of nitrogens with zero attached hydrogens (tertiary/aromatic N) is 3. The molecule has 0 bridgehead atoms. The molecule has 1 unspecified atom stereocenters. The molecule has 0 radical (unpaired) electrons. The van der Waals surface area contributed by atoms with E-state index in [2.05, 4.69) is 15.4 Å². The van der Waals surface area contributed by atoms with Crippen LogP contribution in [0.4, 0.5) is 0 Å². The maximum absolute atomic E-state index is 11.7. The number of ether oxygens (including phenoxy) is 1. The Morgan fingerprint density at radius 3 is 2.40 bits per heavy atom. The number of esters is 1. The average Bonchev–Trinajstić information content (AvgIpc) is 3.46. The minimum Gasteiger partial charge on any atom is -0.465 e. The van der Waals surface area contributed by atoms with E-state index in [1.54, 1.807) is 0 Å². The Morgan fingerprint density at radius 1 is 1.12 bits per heavy atom. The van der Waals surface area contributed by atoms with Crippen LogP contribution >= 0.6 is 0 Å². The van der Waals surface area contributed by atoms with Gasteiger partial charge in [0.25, 0.3) is 0 Å².